The number of nitrogens with one attached hydrogen (secondary N) is 2. The van der Waals surface area contributed by atoms with Crippen molar-refractivity contribution >= 4 is 17.7 Å². The maximum Gasteiger partial charge on any atom is 0.226 e. The largest absolute Gasteiger partial charge is 0.356 e. The number of hydrogen-bond donors (Lipinski definition) is 2. The van der Waals surface area contributed by atoms with Crippen molar-refractivity contribution < 1.29 is 4.79 Å². The van der Waals surface area contributed by atoms with E-state index >= 15 is 0 Å². The van der Waals surface area contributed by atoms with Crippen molar-refractivity contribution in [2.24, 2.45) is 5.41 Å². The lowest BCUT2D eigenvalue weighted by Crippen LogP contribution is -2.46. The van der Waals surface area contributed by atoms with Gasteiger partial charge in [-0.1, -0.05) is 6.92 Å². The molecule has 0 unspecified atom stereocenters. The van der Waals surface area contributed by atoms with Gasteiger partial charge < -0.3 is 10.6 Å². The average Bonchev–Trinajstić information content (AvgIpc) is 2.25. The molecule has 1 aliphatic heterocycles. The Kier molecular flexibility index (Phi) is 5.47. The highest BCUT2D eigenvalue weighted by molar-refractivity contribution is 7.98. The normalized spacial score (nSPS) is 19.9. The van der Waals surface area contributed by atoms with Crippen LogP contribution in [0.4, 0.5) is 0 Å². The van der Waals surface area contributed by atoms with E-state index in [1.165, 1.54) is 0 Å². The van der Waals surface area contributed by atoms with Gasteiger partial charge in [0.15, 0.2) is 0 Å². The molecule has 0 aromatic heterocycles. The molecule has 1 fully saturated rings. The van der Waals surface area contributed by atoms with Crippen LogP contribution in [0.5, 0.6) is 0 Å². The summed E-state index contributed by atoms with van der Waals surface area (Å²) in [6.07, 6.45) is 5.08. The molecule has 0 aromatic rings. The zero-order chi connectivity index (χ0) is 11.1. The van der Waals surface area contributed by atoms with E-state index in [0.717, 1.165) is 44.6 Å². The Hall–Kier alpha value is -0.220. The number of carbonyl (C=O) groups is 1. The molecule has 0 aromatic carbocycles. The van der Waals surface area contributed by atoms with Gasteiger partial charge in [0.1, 0.15) is 0 Å². The number of rotatable bonds is 5. The molecule has 4 heteroatoms. The highest BCUT2D eigenvalue weighted by Crippen LogP contribution is 2.27. The summed E-state index contributed by atoms with van der Waals surface area (Å²) < 4.78 is 0. The van der Waals surface area contributed by atoms with Crippen LogP contribution in [-0.4, -0.2) is 37.6 Å². The van der Waals surface area contributed by atoms with Crippen molar-refractivity contribution in [1.29, 1.82) is 0 Å². The Labute approximate surface area is 96.8 Å². The number of thioether (sulfide) groups is 1. The molecule has 1 heterocycles. The second-order valence-electron chi connectivity index (χ2n) is 4.41. The second-order valence-corrected chi connectivity index (χ2v) is 5.40. The molecule has 3 nitrogen and oxygen atoms in total. The van der Waals surface area contributed by atoms with Crippen molar-refractivity contribution in [3.05, 3.63) is 0 Å². The van der Waals surface area contributed by atoms with Gasteiger partial charge in [-0.3, -0.25) is 4.79 Å². The van der Waals surface area contributed by atoms with Crippen molar-refractivity contribution in [3.63, 3.8) is 0 Å². The van der Waals surface area contributed by atoms with Crippen molar-refractivity contribution in [2.75, 3.05) is 31.6 Å². The highest BCUT2D eigenvalue weighted by atomic mass is 32.2. The smallest absolute Gasteiger partial charge is 0.226 e. The Morgan fingerprint density at radius 3 is 2.73 bits per heavy atom. The molecule has 0 radical (unpaired) electrons. The Balaban J connectivity index is 2.25. The number of hydrogen-bond acceptors (Lipinski definition) is 3. The fraction of sp³-hybridized carbons (Fsp3) is 0.909. The Morgan fingerprint density at radius 2 is 2.13 bits per heavy atom. The fourth-order valence-electron chi connectivity index (χ4n) is 1.84. The lowest BCUT2D eigenvalue weighted by molar-refractivity contribution is -0.131. The summed E-state index contributed by atoms with van der Waals surface area (Å²) >= 11 is 1.83. The quantitative estimate of drug-likeness (QED) is 0.698. The third-order valence-electron chi connectivity index (χ3n) is 3.07. The molecular formula is C11H22N2OS. The van der Waals surface area contributed by atoms with Gasteiger partial charge in [-0.2, -0.15) is 11.8 Å². The molecule has 2 N–H and O–H groups in total. The minimum atomic E-state index is -0.134. The summed E-state index contributed by atoms with van der Waals surface area (Å²) in [4.78, 5) is 11.9. The first-order valence-corrected chi connectivity index (χ1v) is 7.06. The first kappa shape index (κ1) is 12.8. The maximum absolute atomic E-state index is 11.9. The first-order valence-electron chi connectivity index (χ1n) is 5.67. The summed E-state index contributed by atoms with van der Waals surface area (Å²) in [7, 11) is 0. The molecular weight excluding hydrogens is 208 g/mol. The van der Waals surface area contributed by atoms with E-state index in [9.17, 15) is 4.79 Å². The van der Waals surface area contributed by atoms with Gasteiger partial charge in [-0.25, -0.2) is 0 Å². The van der Waals surface area contributed by atoms with Gasteiger partial charge in [0.2, 0.25) is 5.91 Å². The maximum atomic E-state index is 11.9. The SMILES string of the molecule is CSCCCNC(=O)C1(C)CCNCC1. The lowest BCUT2D eigenvalue weighted by atomic mass is 9.80. The molecule has 88 valence electrons. The monoisotopic (exact) mass is 230 g/mol. The van der Waals surface area contributed by atoms with E-state index in [4.69, 9.17) is 0 Å². The minimum absolute atomic E-state index is 0.134. The summed E-state index contributed by atoms with van der Waals surface area (Å²) in [5, 5.41) is 6.34. The molecule has 1 rings (SSSR count). The van der Waals surface area contributed by atoms with Crippen molar-refractivity contribution in [2.45, 2.75) is 26.2 Å². The summed E-state index contributed by atoms with van der Waals surface area (Å²) in [6, 6.07) is 0. The molecule has 1 amide bonds. The lowest BCUT2D eigenvalue weighted by Gasteiger charge is -2.32. The zero-order valence-corrected chi connectivity index (χ0v) is 10.6. The van der Waals surface area contributed by atoms with Gasteiger partial charge >= 0.3 is 0 Å². The second kappa shape index (κ2) is 6.38. The van der Waals surface area contributed by atoms with Gasteiger partial charge in [0.25, 0.3) is 0 Å². The molecule has 0 bridgehead atoms. The van der Waals surface area contributed by atoms with E-state index in [0.29, 0.717) is 0 Å². The molecule has 0 saturated carbocycles. The number of carbonyl (C=O) groups excluding carboxylic acids is 1. The van der Waals surface area contributed by atoms with Crippen molar-refractivity contribution in [1.82, 2.24) is 10.6 Å². The summed E-state index contributed by atoms with van der Waals surface area (Å²) in [6.45, 7) is 4.84. The van der Waals surface area contributed by atoms with Crippen LogP contribution in [0.25, 0.3) is 0 Å². The summed E-state index contributed by atoms with van der Waals surface area (Å²) in [5.74, 6) is 1.36. The minimum Gasteiger partial charge on any atom is -0.356 e. The van der Waals surface area contributed by atoms with Crippen molar-refractivity contribution in [3.8, 4) is 0 Å². The van der Waals surface area contributed by atoms with Crippen LogP contribution < -0.4 is 10.6 Å². The van der Waals surface area contributed by atoms with E-state index in [1.807, 2.05) is 11.8 Å². The number of piperidine rings is 1. The topological polar surface area (TPSA) is 41.1 Å². The predicted octanol–water partition coefficient (Wildman–Crippen LogP) is 1.25. The average molecular weight is 230 g/mol. The predicted molar refractivity (Wildman–Crippen MR) is 66.2 cm³/mol. The van der Waals surface area contributed by atoms with Crippen LogP contribution in [0.1, 0.15) is 26.2 Å². The number of amides is 1. The molecule has 15 heavy (non-hydrogen) atoms. The van der Waals surface area contributed by atoms with Gasteiger partial charge in [0, 0.05) is 12.0 Å². The van der Waals surface area contributed by atoms with Crippen LogP contribution in [0.3, 0.4) is 0 Å². The summed E-state index contributed by atoms with van der Waals surface area (Å²) in [5.41, 5.74) is -0.134. The van der Waals surface area contributed by atoms with E-state index in [2.05, 4.69) is 23.8 Å². The zero-order valence-electron chi connectivity index (χ0n) is 9.77. The Morgan fingerprint density at radius 1 is 1.47 bits per heavy atom. The molecule has 0 aliphatic carbocycles. The van der Waals surface area contributed by atoms with Crippen LogP contribution in [0.15, 0.2) is 0 Å². The Bertz CT molecular complexity index is 203. The van der Waals surface area contributed by atoms with Crippen LogP contribution in [0.2, 0.25) is 0 Å². The van der Waals surface area contributed by atoms with E-state index in [1.54, 1.807) is 0 Å². The van der Waals surface area contributed by atoms with E-state index in [-0.39, 0.29) is 11.3 Å². The molecule has 0 atom stereocenters. The first-order chi connectivity index (χ1) is 7.19. The highest BCUT2D eigenvalue weighted by Gasteiger charge is 2.33. The van der Waals surface area contributed by atoms with Gasteiger partial charge in [-0.15, -0.1) is 0 Å². The standard InChI is InChI=1S/C11H22N2OS/c1-11(4-7-12-8-5-11)10(14)13-6-3-9-15-2/h12H,3-9H2,1-2H3,(H,13,14). The third-order valence-corrected chi connectivity index (χ3v) is 3.76. The molecule has 0 spiro atoms. The van der Waals surface area contributed by atoms with Gasteiger partial charge in [0.05, 0.1) is 0 Å². The van der Waals surface area contributed by atoms with Crippen LogP contribution in [-0.2, 0) is 4.79 Å². The molecule has 1 aliphatic rings. The molecule has 1 saturated heterocycles. The fourth-order valence-corrected chi connectivity index (χ4v) is 2.27. The third kappa shape index (κ3) is 4.03. The van der Waals surface area contributed by atoms with Gasteiger partial charge in [-0.05, 0) is 44.4 Å². The van der Waals surface area contributed by atoms with E-state index < -0.39 is 0 Å². The van der Waals surface area contributed by atoms with Crippen LogP contribution in [0, 0.1) is 5.41 Å². The van der Waals surface area contributed by atoms with Crippen LogP contribution >= 0.6 is 11.8 Å².